The predicted molar refractivity (Wildman–Crippen MR) is 94.1 cm³/mol. The zero-order chi connectivity index (χ0) is 18.6. The zero-order valence-electron chi connectivity index (χ0n) is 13.7. The van der Waals surface area contributed by atoms with Gasteiger partial charge in [-0.1, -0.05) is 0 Å². The maximum absolute atomic E-state index is 12.4. The van der Waals surface area contributed by atoms with Crippen molar-refractivity contribution in [2.24, 2.45) is 0 Å². The molecule has 1 aromatic heterocycles. The molecule has 136 valence electrons. The smallest absolute Gasteiger partial charge is 0.387 e. The van der Waals surface area contributed by atoms with Crippen LogP contribution in [-0.4, -0.2) is 26.7 Å². The number of hydrogen-bond donors (Lipinski definition) is 1. The molecule has 1 aromatic carbocycles. The molecule has 1 N–H and O–H groups in total. The van der Waals surface area contributed by atoms with E-state index in [0.717, 1.165) is 16.9 Å². The van der Waals surface area contributed by atoms with Crippen LogP contribution in [0.15, 0.2) is 22.7 Å². The Labute approximate surface area is 156 Å². The number of ether oxygens (including phenoxy) is 3. The van der Waals surface area contributed by atoms with E-state index in [1.54, 1.807) is 19.1 Å². The summed E-state index contributed by atoms with van der Waals surface area (Å²) in [6.07, 6.45) is 0. The van der Waals surface area contributed by atoms with E-state index in [9.17, 15) is 13.6 Å². The quantitative estimate of drug-likeness (QED) is 0.701. The van der Waals surface area contributed by atoms with Crippen molar-refractivity contribution < 1.29 is 27.8 Å². The zero-order valence-corrected chi connectivity index (χ0v) is 16.1. The molecular weight excluding hydrogens is 420 g/mol. The topological polar surface area (TPSA) is 56.8 Å². The maximum Gasteiger partial charge on any atom is 0.387 e. The van der Waals surface area contributed by atoms with Crippen LogP contribution < -0.4 is 19.5 Å². The van der Waals surface area contributed by atoms with E-state index in [0.29, 0.717) is 20.8 Å². The summed E-state index contributed by atoms with van der Waals surface area (Å²) in [5.74, 6) is 0.442. The van der Waals surface area contributed by atoms with E-state index in [4.69, 9.17) is 9.47 Å². The Morgan fingerprint density at radius 1 is 1.24 bits per heavy atom. The molecule has 0 bridgehead atoms. The minimum Gasteiger partial charge on any atom is -0.493 e. The second kappa shape index (κ2) is 8.48. The van der Waals surface area contributed by atoms with Crippen LogP contribution in [-0.2, 0) is 6.54 Å². The summed E-state index contributed by atoms with van der Waals surface area (Å²) in [7, 11) is 3.03. The molecular formula is C16H16BrF2NO4S. The molecule has 1 amide bonds. The third-order valence-electron chi connectivity index (χ3n) is 3.19. The molecule has 0 aliphatic carbocycles. The number of hydrogen-bond acceptors (Lipinski definition) is 5. The Morgan fingerprint density at radius 2 is 1.96 bits per heavy atom. The van der Waals surface area contributed by atoms with Crippen LogP contribution in [0.3, 0.4) is 0 Å². The van der Waals surface area contributed by atoms with Gasteiger partial charge in [0.05, 0.1) is 18.7 Å². The van der Waals surface area contributed by atoms with Gasteiger partial charge in [0.1, 0.15) is 10.6 Å². The number of nitrogens with one attached hydrogen (secondary N) is 1. The number of aryl methyl sites for hydroxylation is 1. The lowest BCUT2D eigenvalue weighted by Gasteiger charge is -2.12. The first kappa shape index (κ1) is 19.5. The van der Waals surface area contributed by atoms with Crippen molar-refractivity contribution in [2.45, 2.75) is 20.1 Å². The normalized spacial score (nSPS) is 10.7. The van der Waals surface area contributed by atoms with E-state index >= 15 is 0 Å². The Bertz CT molecular complexity index is 767. The van der Waals surface area contributed by atoms with Gasteiger partial charge in [0.2, 0.25) is 0 Å². The van der Waals surface area contributed by atoms with Gasteiger partial charge in [0.25, 0.3) is 5.91 Å². The second-order valence-corrected chi connectivity index (χ2v) is 7.04. The van der Waals surface area contributed by atoms with Crippen molar-refractivity contribution in [3.8, 4) is 17.2 Å². The highest BCUT2D eigenvalue weighted by Crippen LogP contribution is 2.36. The van der Waals surface area contributed by atoms with Gasteiger partial charge in [-0.3, -0.25) is 4.79 Å². The SMILES string of the molecule is COc1cc(CNC(=O)c2sc(C)cc2OC(F)F)cc(Br)c1OC. The van der Waals surface area contributed by atoms with Crippen LogP contribution in [0.2, 0.25) is 0 Å². The third kappa shape index (κ3) is 4.82. The van der Waals surface area contributed by atoms with Gasteiger partial charge in [-0.25, -0.2) is 0 Å². The van der Waals surface area contributed by atoms with Gasteiger partial charge in [0.15, 0.2) is 11.5 Å². The maximum atomic E-state index is 12.4. The summed E-state index contributed by atoms with van der Waals surface area (Å²) in [6, 6.07) is 4.91. The van der Waals surface area contributed by atoms with Crippen LogP contribution in [0, 0.1) is 6.92 Å². The molecule has 0 saturated carbocycles. The van der Waals surface area contributed by atoms with Gasteiger partial charge in [-0.2, -0.15) is 8.78 Å². The van der Waals surface area contributed by atoms with Crippen LogP contribution in [0.25, 0.3) is 0 Å². The van der Waals surface area contributed by atoms with Gasteiger partial charge in [-0.05, 0) is 46.6 Å². The van der Waals surface area contributed by atoms with Crippen molar-refractivity contribution in [1.82, 2.24) is 5.32 Å². The molecule has 9 heteroatoms. The largest absolute Gasteiger partial charge is 0.493 e. The molecule has 1 heterocycles. The van der Waals surface area contributed by atoms with E-state index in [1.165, 1.54) is 20.3 Å². The summed E-state index contributed by atoms with van der Waals surface area (Å²) >= 11 is 4.47. The number of carbonyl (C=O) groups excluding carboxylic acids is 1. The number of thiophene rings is 1. The van der Waals surface area contributed by atoms with Crippen LogP contribution in [0.1, 0.15) is 20.1 Å². The molecule has 0 radical (unpaired) electrons. The lowest BCUT2D eigenvalue weighted by atomic mass is 10.2. The molecule has 0 aliphatic rings. The van der Waals surface area contributed by atoms with Gasteiger partial charge >= 0.3 is 6.61 Å². The Morgan fingerprint density at radius 3 is 2.56 bits per heavy atom. The number of alkyl halides is 2. The van der Waals surface area contributed by atoms with E-state index in [-0.39, 0.29) is 17.2 Å². The van der Waals surface area contributed by atoms with Crippen LogP contribution in [0.4, 0.5) is 8.78 Å². The first-order valence-electron chi connectivity index (χ1n) is 7.09. The van der Waals surface area contributed by atoms with Crippen molar-refractivity contribution in [2.75, 3.05) is 14.2 Å². The molecule has 25 heavy (non-hydrogen) atoms. The highest BCUT2D eigenvalue weighted by Gasteiger charge is 2.19. The standard InChI is InChI=1S/C16H16BrF2NO4S/c1-8-4-12(24-16(18)19)14(25-8)15(21)20-7-9-5-10(17)13(23-3)11(6-9)22-2/h4-6,16H,7H2,1-3H3,(H,20,21). The number of halogens is 3. The molecule has 5 nitrogen and oxygen atoms in total. The van der Waals surface area contributed by atoms with Crippen molar-refractivity contribution in [3.63, 3.8) is 0 Å². The highest BCUT2D eigenvalue weighted by atomic mass is 79.9. The van der Waals surface area contributed by atoms with Crippen LogP contribution in [0.5, 0.6) is 17.2 Å². The number of methoxy groups -OCH3 is 2. The molecule has 0 atom stereocenters. The number of rotatable bonds is 7. The average Bonchev–Trinajstić information content (AvgIpc) is 2.91. The Balaban J connectivity index is 2.14. The lowest BCUT2D eigenvalue weighted by Crippen LogP contribution is -2.22. The third-order valence-corrected chi connectivity index (χ3v) is 4.81. The monoisotopic (exact) mass is 435 g/mol. The van der Waals surface area contributed by atoms with Gasteiger partial charge < -0.3 is 19.5 Å². The fourth-order valence-corrected chi connectivity index (χ4v) is 3.68. The summed E-state index contributed by atoms with van der Waals surface area (Å²) in [5.41, 5.74) is 0.752. The first-order valence-corrected chi connectivity index (χ1v) is 8.70. The fourth-order valence-electron chi connectivity index (χ4n) is 2.17. The van der Waals surface area contributed by atoms with Crippen molar-refractivity contribution in [3.05, 3.63) is 38.0 Å². The number of benzene rings is 1. The van der Waals surface area contributed by atoms with Crippen LogP contribution >= 0.6 is 27.3 Å². The Hall–Kier alpha value is -1.87. The van der Waals surface area contributed by atoms with Crippen molar-refractivity contribution in [1.29, 1.82) is 0 Å². The predicted octanol–water partition coefficient (Wildman–Crippen LogP) is 4.37. The minimum absolute atomic E-state index is 0.109. The molecule has 0 unspecified atom stereocenters. The van der Waals surface area contributed by atoms with Gasteiger partial charge in [-0.15, -0.1) is 11.3 Å². The fraction of sp³-hybridized carbons (Fsp3) is 0.312. The number of carbonyl (C=O) groups is 1. The molecule has 2 aromatic rings. The molecule has 2 rings (SSSR count). The van der Waals surface area contributed by atoms with E-state index in [2.05, 4.69) is 26.0 Å². The van der Waals surface area contributed by atoms with E-state index in [1.807, 2.05) is 0 Å². The minimum atomic E-state index is -2.98. The van der Waals surface area contributed by atoms with Crippen molar-refractivity contribution >= 4 is 33.2 Å². The summed E-state index contributed by atoms with van der Waals surface area (Å²) in [6.45, 7) is -1.09. The van der Waals surface area contributed by atoms with E-state index < -0.39 is 12.5 Å². The first-order chi connectivity index (χ1) is 11.8. The summed E-state index contributed by atoms with van der Waals surface area (Å²) < 4.78 is 40.4. The summed E-state index contributed by atoms with van der Waals surface area (Å²) in [4.78, 5) is 13.1. The van der Waals surface area contributed by atoms with Gasteiger partial charge in [0, 0.05) is 11.4 Å². The molecule has 0 spiro atoms. The number of amides is 1. The highest BCUT2D eigenvalue weighted by molar-refractivity contribution is 9.10. The molecule has 0 fully saturated rings. The molecule has 0 aliphatic heterocycles. The molecule has 0 saturated heterocycles. The Kier molecular flexibility index (Phi) is 6.60. The lowest BCUT2D eigenvalue weighted by molar-refractivity contribution is -0.0498. The summed E-state index contributed by atoms with van der Waals surface area (Å²) in [5, 5.41) is 2.69. The second-order valence-electron chi connectivity index (χ2n) is 4.92. The average molecular weight is 436 g/mol.